The Labute approximate surface area is 193 Å². The summed E-state index contributed by atoms with van der Waals surface area (Å²) in [7, 11) is 2.97. The topological polar surface area (TPSA) is 85.9 Å². The Bertz CT molecular complexity index is 1140. The van der Waals surface area contributed by atoms with Gasteiger partial charge in [-0.3, -0.25) is 9.59 Å². The van der Waals surface area contributed by atoms with Gasteiger partial charge in [-0.2, -0.15) is 0 Å². The summed E-state index contributed by atoms with van der Waals surface area (Å²) in [5.74, 6) is 0.756. The van der Waals surface area contributed by atoms with E-state index in [2.05, 4.69) is 10.6 Å². The lowest BCUT2D eigenvalue weighted by atomic mass is 10.1. The van der Waals surface area contributed by atoms with E-state index in [1.807, 2.05) is 38.1 Å². The van der Waals surface area contributed by atoms with Gasteiger partial charge in [-0.1, -0.05) is 30.3 Å². The molecule has 0 aliphatic heterocycles. The number of nitrogens with one attached hydrogen (secondary N) is 2. The van der Waals surface area contributed by atoms with Gasteiger partial charge in [0.15, 0.2) is 6.10 Å². The Balaban J connectivity index is 1.79. The van der Waals surface area contributed by atoms with Crippen LogP contribution in [-0.4, -0.2) is 32.1 Å². The molecule has 0 heterocycles. The molecule has 0 aliphatic carbocycles. The minimum Gasteiger partial charge on any atom is -0.494 e. The fourth-order valence-corrected chi connectivity index (χ4v) is 3.21. The summed E-state index contributed by atoms with van der Waals surface area (Å²) in [5, 5.41) is 5.64. The molecule has 1 unspecified atom stereocenters. The molecule has 3 aromatic carbocycles. The highest BCUT2D eigenvalue weighted by atomic mass is 16.5. The van der Waals surface area contributed by atoms with Gasteiger partial charge < -0.3 is 24.8 Å². The lowest BCUT2D eigenvalue weighted by Gasteiger charge is -2.19. The standard InChI is InChI=1S/C26H28N2O5/c1-16-10-9-13-22(17(16)2)33-18(3)25(29)27-20-14-24(32-5)21(15-23(20)31-4)28-26(30)19-11-7-6-8-12-19/h6-15,18H,1-5H3,(H,27,29)(H,28,30). The van der Waals surface area contributed by atoms with Crippen LogP contribution in [0.15, 0.2) is 60.7 Å². The zero-order valence-electron chi connectivity index (χ0n) is 19.4. The van der Waals surface area contributed by atoms with E-state index in [1.54, 1.807) is 43.3 Å². The van der Waals surface area contributed by atoms with Gasteiger partial charge in [-0.05, 0) is 50.1 Å². The summed E-state index contributed by atoms with van der Waals surface area (Å²) in [4.78, 5) is 25.4. The molecule has 3 aromatic rings. The Kier molecular flexibility index (Phi) is 7.56. The largest absolute Gasteiger partial charge is 0.494 e. The number of hydrogen-bond donors (Lipinski definition) is 2. The number of rotatable bonds is 8. The minimum absolute atomic E-state index is 0.289. The molecule has 0 radical (unpaired) electrons. The monoisotopic (exact) mass is 448 g/mol. The third-order valence-electron chi connectivity index (χ3n) is 5.29. The van der Waals surface area contributed by atoms with Gasteiger partial charge in [0, 0.05) is 17.7 Å². The molecule has 1 atom stereocenters. The van der Waals surface area contributed by atoms with E-state index in [4.69, 9.17) is 14.2 Å². The van der Waals surface area contributed by atoms with Crippen molar-refractivity contribution in [2.24, 2.45) is 0 Å². The maximum absolute atomic E-state index is 12.8. The smallest absolute Gasteiger partial charge is 0.265 e. The first kappa shape index (κ1) is 23.7. The highest BCUT2D eigenvalue weighted by Gasteiger charge is 2.20. The molecule has 0 fully saturated rings. The second kappa shape index (κ2) is 10.5. The van der Waals surface area contributed by atoms with E-state index in [9.17, 15) is 9.59 Å². The van der Waals surface area contributed by atoms with Crippen LogP contribution in [0.1, 0.15) is 28.4 Å². The van der Waals surface area contributed by atoms with E-state index in [1.165, 1.54) is 14.2 Å². The van der Waals surface area contributed by atoms with Crippen LogP contribution in [0.25, 0.3) is 0 Å². The molecule has 0 aromatic heterocycles. The summed E-state index contributed by atoms with van der Waals surface area (Å²) in [6, 6.07) is 17.7. The predicted molar refractivity (Wildman–Crippen MR) is 129 cm³/mol. The molecule has 7 heteroatoms. The fraction of sp³-hybridized carbons (Fsp3) is 0.231. The van der Waals surface area contributed by atoms with Crippen LogP contribution in [0, 0.1) is 13.8 Å². The first-order valence-electron chi connectivity index (χ1n) is 10.5. The number of hydrogen-bond acceptors (Lipinski definition) is 5. The average molecular weight is 449 g/mol. The van der Waals surface area contributed by atoms with Gasteiger partial charge >= 0.3 is 0 Å². The van der Waals surface area contributed by atoms with Crippen LogP contribution in [0.5, 0.6) is 17.2 Å². The molecular weight excluding hydrogens is 420 g/mol. The van der Waals surface area contributed by atoms with Crippen molar-refractivity contribution in [1.29, 1.82) is 0 Å². The molecule has 0 saturated carbocycles. The minimum atomic E-state index is -0.751. The molecule has 172 valence electrons. The van der Waals surface area contributed by atoms with Crippen LogP contribution in [0.4, 0.5) is 11.4 Å². The van der Waals surface area contributed by atoms with Crippen molar-refractivity contribution in [1.82, 2.24) is 0 Å². The zero-order chi connectivity index (χ0) is 24.0. The lowest BCUT2D eigenvalue weighted by molar-refractivity contribution is -0.122. The van der Waals surface area contributed by atoms with Crippen molar-refractivity contribution in [2.45, 2.75) is 26.9 Å². The summed E-state index contributed by atoms with van der Waals surface area (Å²) < 4.78 is 16.8. The van der Waals surface area contributed by atoms with Crippen molar-refractivity contribution < 1.29 is 23.8 Å². The number of carbonyl (C=O) groups excluding carboxylic acids is 2. The van der Waals surface area contributed by atoms with Gasteiger partial charge in [0.1, 0.15) is 17.2 Å². The fourth-order valence-electron chi connectivity index (χ4n) is 3.21. The van der Waals surface area contributed by atoms with E-state index in [0.29, 0.717) is 34.2 Å². The molecule has 0 saturated heterocycles. The molecule has 33 heavy (non-hydrogen) atoms. The highest BCUT2D eigenvalue weighted by Crippen LogP contribution is 2.37. The zero-order valence-corrected chi connectivity index (χ0v) is 19.4. The third-order valence-corrected chi connectivity index (χ3v) is 5.29. The highest BCUT2D eigenvalue weighted by molar-refractivity contribution is 6.05. The summed E-state index contributed by atoms with van der Waals surface area (Å²) in [5.41, 5.74) is 3.39. The van der Waals surface area contributed by atoms with Crippen molar-refractivity contribution in [3.05, 3.63) is 77.4 Å². The van der Waals surface area contributed by atoms with Crippen LogP contribution < -0.4 is 24.8 Å². The second-order valence-electron chi connectivity index (χ2n) is 7.52. The van der Waals surface area contributed by atoms with Gasteiger partial charge in [-0.15, -0.1) is 0 Å². The maximum atomic E-state index is 12.8. The normalized spacial score (nSPS) is 11.3. The van der Waals surface area contributed by atoms with Gasteiger partial charge in [0.05, 0.1) is 25.6 Å². The number of benzene rings is 3. The van der Waals surface area contributed by atoms with Crippen LogP contribution in [-0.2, 0) is 4.79 Å². The summed E-state index contributed by atoms with van der Waals surface area (Å²) in [6.07, 6.45) is -0.751. The van der Waals surface area contributed by atoms with Gasteiger partial charge in [-0.25, -0.2) is 0 Å². The van der Waals surface area contributed by atoms with Crippen molar-refractivity contribution in [3.8, 4) is 17.2 Å². The number of aryl methyl sites for hydroxylation is 1. The Morgan fingerprint density at radius 2 is 1.39 bits per heavy atom. The number of amides is 2. The molecule has 0 spiro atoms. The third kappa shape index (κ3) is 5.63. The SMILES string of the molecule is COc1cc(NC(=O)C(C)Oc2cccc(C)c2C)c(OC)cc1NC(=O)c1ccccc1. The van der Waals surface area contributed by atoms with E-state index in [0.717, 1.165) is 11.1 Å². The maximum Gasteiger partial charge on any atom is 0.265 e. The molecule has 3 rings (SSSR count). The molecule has 0 aliphatic rings. The molecule has 7 nitrogen and oxygen atoms in total. The Hall–Kier alpha value is -4.00. The molecule has 2 amide bonds. The number of methoxy groups -OCH3 is 2. The van der Waals surface area contributed by atoms with Crippen molar-refractivity contribution >= 4 is 23.2 Å². The van der Waals surface area contributed by atoms with Crippen LogP contribution in [0.2, 0.25) is 0 Å². The second-order valence-corrected chi connectivity index (χ2v) is 7.52. The molecular formula is C26H28N2O5. The number of carbonyl (C=O) groups is 2. The Morgan fingerprint density at radius 3 is 2.00 bits per heavy atom. The quantitative estimate of drug-likeness (QED) is 0.508. The average Bonchev–Trinajstić information content (AvgIpc) is 2.82. The number of anilines is 2. The van der Waals surface area contributed by atoms with E-state index in [-0.39, 0.29) is 11.8 Å². The Morgan fingerprint density at radius 1 is 0.788 bits per heavy atom. The molecule has 0 bridgehead atoms. The summed E-state index contributed by atoms with van der Waals surface area (Å²) >= 11 is 0. The number of ether oxygens (including phenoxy) is 3. The van der Waals surface area contributed by atoms with Gasteiger partial charge in [0.25, 0.3) is 11.8 Å². The first-order valence-corrected chi connectivity index (χ1v) is 10.5. The molecule has 2 N–H and O–H groups in total. The van der Waals surface area contributed by atoms with E-state index < -0.39 is 6.10 Å². The van der Waals surface area contributed by atoms with Crippen LogP contribution in [0.3, 0.4) is 0 Å². The van der Waals surface area contributed by atoms with Crippen LogP contribution >= 0.6 is 0 Å². The van der Waals surface area contributed by atoms with Gasteiger partial charge in [0.2, 0.25) is 0 Å². The predicted octanol–water partition coefficient (Wildman–Crippen LogP) is 4.98. The lowest BCUT2D eigenvalue weighted by Crippen LogP contribution is -2.30. The summed E-state index contributed by atoms with van der Waals surface area (Å²) in [6.45, 7) is 5.61. The van der Waals surface area contributed by atoms with Crippen molar-refractivity contribution in [2.75, 3.05) is 24.9 Å². The first-order chi connectivity index (χ1) is 15.8. The van der Waals surface area contributed by atoms with Crippen molar-refractivity contribution in [3.63, 3.8) is 0 Å². The van der Waals surface area contributed by atoms with E-state index >= 15 is 0 Å².